The molecule has 0 saturated carbocycles. The standard InChI is InChI=1S/C31H28ClN3O6/c32-24-6-4-20(5-7-24)19-35-29(37)23(17-28(36)21-12-14-40-15-13-21)18-33-31(35)34-25-8-10-26(11-9-25)41-27-3-1-2-22(16-27)30(38)39/h1-11,16,18,21H,12-15,17,19H2,(H,33,34)(H,38,39). The molecule has 2 heterocycles. The molecule has 0 amide bonds. The summed E-state index contributed by atoms with van der Waals surface area (Å²) in [6.07, 6.45) is 2.81. The Labute approximate surface area is 241 Å². The Morgan fingerprint density at radius 3 is 2.46 bits per heavy atom. The number of Topliss-reactive ketones (excluding diaryl/α,β-unsaturated/α-hetero) is 1. The van der Waals surface area contributed by atoms with Gasteiger partial charge in [-0.1, -0.05) is 29.8 Å². The van der Waals surface area contributed by atoms with Crippen molar-refractivity contribution in [2.75, 3.05) is 18.5 Å². The van der Waals surface area contributed by atoms with Crippen LogP contribution in [0.3, 0.4) is 0 Å². The minimum absolute atomic E-state index is 0.0203. The fourth-order valence-electron chi connectivity index (χ4n) is 4.59. The number of hydrogen-bond acceptors (Lipinski definition) is 7. The van der Waals surface area contributed by atoms with Crippen LogP contribution in [-0.4, -0.2) is 39.6 Å². The summed E-state index contributed by atoms with van der Waals surface area (Å²) in [4.78, 5) is 42.3. The first-order valence-electron chi connectivity index (χ1n) is 13.2. The highest BCUT2D eigenvalue weighted by Crippen LogP contribution is 2.25. The van der Waals surface area contributed by atoms with Gasteiger partial charge in [-0.2, -0.15) is 0 Å². The number of carbonyl (C=O) groups is 2. The first-order valence-corrected chi connectivity index (χ1v) is 13.6. The number of anilines is 2. The molecule has 1 aliphatic rings. The van der Waals surface area contributed by atoms with E-state index in [2.05, 4.69) is 10.3 Å². The molecular formula is C31H28ClN3O6. The summed E-state index contributed by atoms with van der Waals surface area (Å²) in [5.74, 6) is 0.0936. The van der Waals surface area contributed by atoms with E-state index < -0.39 is 5.97 Å². The Morgan fingerprint density at radius 1 is 1.02 bits per heavy atom. The molecule has 0 spiro atoms. The van der Waals surface area contributed by atoms with Gasteiger partial charge in [-0.15, -0.1) is 0 Å². The molecule has 9 nitrogen and oxygen atoms in total. The second-order valence-corrected chi connectivity index (χ2v) is 10.2. The van der Waals surface area contributed by atoms with Crippen LogP contribution in [-0.2, 0) is 22.5 Å². The van der Waals surface area contributed by atoms with Crippen LogP contribution in [0.2, 0.25) is 5.02 Å². The summed E-state index contributed by atoms with van der Waals surface area (Å²) in [6, 6.07) is 20.4. The average Bonchev–Trinajstić information content (AvgIpc) is 2.99. The summed E-state index contributed by atoms with van der Waals surface area (Å²) in [6.45, 7) is 1.33. The molecule has 1 saturated heterocycles. The number of nitrogens with one attached hydrogen (secondary N) is 1. The number of ether oxygens (including phenoxy) is 2. The third-order valence-electron chi connectivity index (χ3n) is 6.84. The third-order valence-corrected chi connectivity index (χ3v) is 7.09. The molecule has 0 radical (unpaired) electrons. The molecule has 3 aromatic carbocycles. The molecule has 0 aliphatic carbocycles. The highest BCUT2D eigenvalue weighted by Gasteiger charge is 2.23. The molecule has 0 atom stereocenters. The molecular weight excluding hydrogens is 546 g/mol. The Hall–Kier alpha value is -4.47. The van der Waals surface area contributed by atoms with Crippen LogP contribution >= 0.6 is 11.6 Å². The number of hydrogen-bond donors (Lipinski definition) is 2. The number of aromatic nitrogens is 2. The number of benzene rings is 3. The van der Waals surface area contributed by atoms with Gasteiger partial charge in [0.1, 0.15) is 17.3 Å². The molecule has 0 bridgehead atoms. The van der Waals surface area contributed by atoms with Crippen LogP contribution in [0, 0.1) is 5.92 Å². The van der Waals surface area contributed by atoms with Crippen molar-refractivity contribution < 1.29 is 24.2 Å². The van der Waals surface area contributed by atoms with E-state index in [9.17, 15) is 19.5 Å². The Kier molecular flexibility index (Phi) is 8.76. The van der Waals surface area contributed by atoms with Gasteiger partial charge in [-0.05, 0) is 73.0 Å². The Balaban J connectivity index is 1.37. The normalized spacial score (nSPS) is 13.5. The fourth-order valence-corrected chi connectivity index (χ4v) is 4.72. The summed E-state index contributed by atoms with van der Waals surface area (Å²) >= 11 is 6.05. The zero-order chi connectivity index (χ0) is 28.8. The molecule has 210 valence electrons. The predicted molar refractivity (Wildman–Crippen MR) is 155 cm³/mol. The zero-order valence-corrected chi connectivity index (χ0v) is 22.8. The molecule has 1 aliphatic heterocycles. The second kappa shape index (κ2) is 12.8. The Morgan fingerprint density at radius 2 is 1.76 bits per heavy atom. The first-order chi connectivity index (χ1) is 19.9. The van der Waals surface area contributed by atoms with Crippen molar-refractivity contribution in [2.24, 2.45) is 5.92 Å². The lowest BCUT2D eigenvalue weighted by atomic mass is 9.92. The van der Waals surface area contributed by atoms with Crippen molar-refractivity contribution >= 4 is 35.0 Å². The topological polar surface area (TPSA) is 120 Å². The van der Waals surface area contributed by atoms with Gasteiger partial charge in [0, 0.05) is 48.0 Å². The minimum Gasteiger partial charge on any atom is -0.478 e. The third kappa shape index (κ3) is 7.19. The number of ketones is 1. The maximum absolute atomic E-state index is 13.6. The minimum atomic E-state index is -1.04. The maximum Gasteiger partial charge on any atom is 0.335 e. The smallest absolute Gasteiger partial charge is 0.335 e. The molecule has 2 N–H and O–H groups in total. The van der Waals surface area contributed by atoms with Gasteiger partial charge in [0.15, 0.2) is 0 Å². The fraction of sp³-hybridized carbons (Fsp3) is 0.226. The Bertz CT molecular complexity index is 1600. The van der Waals surface area contributed by atoms with Crippen LogP contribution < -0.4 is 15.6 Å². The van der Waals surface area contributed by atoms with Crippen molar-refractivity contribution in [3.05, 3.63) is 111 Å². The summed E-state index contributed by atoms with van der Waals surface area (Å²) in [7, 11) is 0. The number of nitrogens with zero attached hydrogens (tertiary/aromatic N) is 2. The first kappa shape index (κ1) is 28.1. The summed E-state index contributed by atoms with van der Waals surface area (Å²) in [5.41, 5.74) is 1.67. The molecule has 10 heteroatoms. The van der Waals surface area contributed by atoms with E-state index >= 15 is 0 Å². The van der Waals surface area contributed by atoms with Crippen molar-refractivity contribution in [3.8, 4) is 11.5 Å². The number of carboxylic acid groups (broad SMARTS) is 1. The van der Waals surface area contributed by atoms with Crippen LogP contribution in [0.5, 0.6) is 11.5 Å². The van der Waals surface area contributed by atoms with Gasteiger partial charge in [0.05, 0.1) is 12.1 Å². The van der Waals surface area contributed by atoms with Crippen molar-refractivity contribution in [1.29, 1.82) is 0 Å². The molecule has 1 aromatic heterocycles. The number of carbonyl (C=O) groups excluding carboxylic acids is 1. The molecule has 0 unspecified atom stereocenters. The predicted octanol–water partition coefficient (Wildman–Crippen LogP) is 5.72. The van der Waals surface area contributed by atoms with Crippen LogP contribution in [0.15, 0.2) is 83.8 Å². The number of carboxylic acids is 1. The maximum atomic E-state index is 13.6. The lowest BCUT2D eigenvalue weighted by molar-refractivity contribution is -0.125. The van der Waals surface area contributed by atoms with Crippen molar-refractivity contribution in [1.82, 2.24) is 9.55 Å². The lowest BCUT2D eigenvalue weighted by Gasteiger charge is -2.21. The van der Waals surface area contributed by atoms with E-state index in [-0.39, 0.29) is 35.8 Å². The van der Waals surface area contributed by atoms with E-state index in [1.165, 1.54) is 22.9 Å². The largest absolute Gasteiger partial charge is 0.478 e. The van der Waals surface area contributed by atoms with E-state index in [1.807, 2.05) is 12.1 Å². The van der Waals surface area contributed by atoms with Gasteiger partial charge in [0.2, 0.25) is 5.95 Å². The van der Waals surface area contributed by atoms with Gasteiger partial charge in [0.25, 0.3) is 5.56 Å². The van der Waals surface area contributed by atoms with Gasteiger partial charge >= 0.3 is 5.97 Å². The van der Waals surface area contributed by atoms with Crippen molar-refractivity contribution in [3.63, 3.8) is 0 Å². The monoisotopic (exact) mass is 573 g/mol. The molecule has 4 aromatic rings. The van der Waals surface area contributed by atoms with Crippen LogP contribution in [0.4, 0.5) is 11.6 Å². The number of halogens is 1. The highest BCUT2D eigenvalue weighted by molar-refractivity contribution is 6.30. The molecule has 41 heavy (non-hydrogen) atoms. The summed E-state index contributed by atoms with van der Waals surface area (Å²) in [5, 5.41) is 13.0. The molecule has 1 fully saturated rings. The van der Waals surface area contributed by atoms with Crippen molar-refractivity contribution in [2.45, 2.75) is 25.8 Å². The van der Waals surface area contributed by atoms with E-state index in [0.717, 1.165) is 5.56 Å². The SMILES string of the molecule is O=C(O)c1cccc(Oc2ccc(Nc3ncc(CC(=O)C4CCOCC4)c(=O)n3Cc3ccc(Cl)cc3)cc2)c1. The van der Waals surface area contributed by atoms with E-state index in [4.69, 9.17) is 21.1 Å². The average molecular weight is 574 g/mol. The van der Waals surface area contributed by atoms with Gasteiger partial charge < -0.3 is 19.9 Å². The highest BCUT2D eigenvalue weighted by atomic mass is 35.5. The molecule has 5 rings (SSSR count). The summed E-state index contributed by atoms with van der Waals surface area (Å²) < 4.78 is 12.7. The number of aromatic carboxylic acids is 1. The van der Waals surface area contributed by atoms with Crippen LogP contribution in [0.25, 0.3) is 0 Å². The van der Waals surface area contributed by atoms with Gasteiger partial charge in [-0.25, -0.2) is 9.78 Å². The number of rotatable bonds is 10. The quantitative estimate of drug-likeness (QED) is 0.247. The lowest BCUT2D eigenvalue weighted by Crippen LogP contribution is -2.31. The van der Waals surface area contributed by atoms with Gasteiger partial charge in [-0.3, -0.25) is 14.2 Å². The van der Waals surface area contributed by atoms with Crippen LogP contribution in [0.1, 0.15) is 34.3 Å². The van der Waals surface area contributed by atoms with E-state index in [0.29, 0.717) is 59.8 Å². The second-order valence-electron chi connectivity index (χ2n) is 9.74. The zero-order valence-electron chi connectivity index (χ0n) is 22.1. The van der Waals surface area contributed by atoms with E-state index in [1.54, 1.807) is 48.5 Å².